The maximum Gasteiger partial charge on any atom is 0.145 e. The molecule has 0 saturated heterocycles. The summed E-state index contributed by atoms with van der Waals surface area (Å²) in [5.41, 5.74) is 17.8. The number of rotatable bonds is 7. The van der Waals surface area contributed by atoms with Crippen LogP contribution in [0.1, 0.15) is 11.1 Å². The second kappa shape index (κ2) is 14.1. The van der Waals surface area contributed by atoms with E-state index in [2.05, 4.69) is 230 Å². The molecule has 11 rings (SSSR count). The van der Waals surface area contributed by atoms with Crippen molar-refractivity contribution in [3.63, 3.8) is 0 Å². The molecule has 3 nitrogen and oxygen atoms in total. The van der Waals surface area contributed by atoms with Gasteiger partial charge >= 0.3 is 0 Å². The van der Waals surface area contributed by atoms with E-state index >= 15 is 0 Å². The Morgan fingerprint density at radius 3 is 1.75 bits per heavy atom. The predicted molar refractivity (Wildman–Crippen MR) is 249 cm³/mol. The molecule has 0 atom stereocenters. The van der Waals surface area contributed by atoms with Gasteiger partial charge in [-0.1, -0.05) is 152 Å². The molecule has 9 aromatic carbocycles. The van der Waals surface area contributed by atoms with Crippen LogP contribution >= 0.6 is 0 Å². The third-order valence-corrected chi connectivity index (χ3v) is 11.8. The summed E-state index contributed by atoms with van der Waals surface area (Å²) in [4.78, 5) is 2.44. The van der Waals surface area contributed by atoms with Crippen molar-refractivity contribution in [3.8, 4) is 39.1 Å². The Morgan fingerprint density at radius 1 is 0.424 bits per heavy atom. The van der Waals surface area contributed by atoms with Crippen LogP contribution in [0.15, 0.2) is 211 Å². The van der Waals surface area contributed by atoms with Crippen LogP contribution in [0.5, 0.6) is 0 Å². The Morgan fingerprint density at radius 2 is 1.02 bits per heavy atom. The van der Waals surface area contributed by atoms with Crippen LogP contribution in [0.3, 0.4) is 0 Å². The second-order valence-corrected chi connectivity index (χ2v) is 15.4. The summed E-state index contributed by atoms with van der Waals surface area (Å²) in [6.07, 6.45) is 0. The number of aryl methyl sites for hydroxylation is 2. The summed E-state index contributed by atoms with van der Waals surface area (Å²) < 4.78 is 9.44. The highest BCUT2D eigenvalue weighted by Crippen LogP contribution is 2.49. The van der Waals surface area contributed by atoms with E-state index in [1.165, 1.54) is 55.2 Å². The first kappa shape index (κ1) is 34.6. The van der Waals surface area contributed by atoms with E-state index in [0.717, 1.165) is 55.8 Å². The van der Waals surface area contributed by atoms with Crippen molar-refractivity contribution in [1.29, 1.82) is 0 Å². The fourth-order valence-electron chi connectivity index (χ4n) is 9.24. The maximum absolute atomic E-state index is 7.04. The molecule has 11 aromatic rings. The third-order valence-electron chi connectivity index (χ3n) is 11.8. The Hall–Kier alpha value is -7.62. The van der Waals surface area contributed by atoms with Gasteiger partial charge in [0, 0.05) is 38.7 Å². The lowest BCUT2D eigenvalue weighted by Gasteiger charge is -2.30. The lowest BCUT2D eigenvalue weighted by atomic mass is 9.89. The fourth-order valence-corrected chi connectivity index (χ4v) is 9.24. The van der Waals surface area contributed by atoms with Gasteiger partial charge in [-0.2, -0.15) is 0 Å². The Balaban J connectivity index is 1.20. The molecule has 0 N–H and O–H groups in total. The van der Waals surface area contributed by atoms with E-state index < -0.39 is 0 Å². The summed E-state index contributed by atoms with van der Waals surface area (Å²) in [5, 5.41) is 4.62. The molecule has 0 aliphatic carbocycles. The molecular formula is C56H40N2O. The van der Waals surface area contributed by atoms with Gasteiger partial charge in [0.25, 0.3) is 0 Å². The lowest BCUT2D eigenvalue weighted by molar-refractivity contribution is 0.670. The van der Waals surface area contributed by atoms with Gasteiger partial charge < -0.3 is 13.9 Å². The zero-order chi connectivity index (χ0) is 39.5. The molecule has 0 aliphatic heterocycles. The normalized spacial score (nSPS) is 11.6. The fraction of sp³-hybridized carbons (Fsp3) is 0.0357. The van der Waals surface area contributed by atoms with Crippen molar-refractivity contribution in [2.24, 2.45) is 0 Å². The van der Waals surface area contributed by atoms with Gasteiger partial charge in [0.05, 0.1) is 27.8 Å². The van der Waals surface area contributed by atoms with Crippen molar-refractivity contribution < 1.29 is 4.42 Å². The Kier molecular flexibility index (Phi) is 8.27. The third kappa shape index (κ3) is 5.66. The zero-order valence-electron chi connectivity index (χ0n) is 32.9. The van der Waals surface area contributed by atoms with Crippen LogP contribution in [0.25, 0.3) is 82.8 Å². The van der Waals surface area contributed by atoms with Gasteiger partial charge in [0.1, 0.15) is 11.2 Å². The zero-order valence-corrected chi connectivity index (χ0v) is 32.9. The maximum atomic E-state index is 7.04. The van der Waals surface area contributed by atoms with Crippen LogP contribution < -0.4 is 4.90 Å². The monoisotopic (exact) mass is 756 g/mol. The number of hydrogen-bond donors (Lipinski definition) is 0. The van der Waals surface area contributed by atoms with Crippen molar-refractivity contribution in [3.05, 3.63) is 217 Å². The lowest BCUT2D eigenvalue weighted by Crippen LogP contribution is -2.12. The summed E-state index contributed by atoms with van der Waals surface area (Å²) >= 11 is 0. The molecule has 2 heterocycles. The van der Waals surface area contributed by atoms with E-state index in [1.54, 1.807) is 0 Å². The van der Waals surface area contributed by atoms with Crippen molar-refractivity contribution in [2.75, 3.05) is 4.90 Å². The van der Waals surface area contributed by atoms with Crippen LogP contribution in [0, 0.1) is 13.8 Å². The molecule has 280 valence electrons. The molecule has 0 fully saturated rings. The highest BCUT2D eigenvalue weighted by molar-refractivity contribution is 6.18. The SMILES string of the molecule is Cc1ccccc1N(c1cc(C)c(-c2ccccc2)c(-c2ccccc2)c1)c1ccc(-c2ccccc2-n2c3ccccc3c3ccccc32)c2oc3ccccc3c12. The summed E-state index contributed by atoms with van der Waals surface area (Å²) in [5.74, 6) is 0. The molecule has 3 heteroatoms. The minimum atomic E-state index is 0.857. The Bertz CT molecular complexity index is 3300. The predicted octanol–water partition coefficient (Wildman–Crippen LogP) is 15.8. The Labute approximate surface area is 343 Å². The second-order valence-electron chi connectivity index (χ2n) is 15.4. The highest BCUT2D eigenvalue weighted by Gasteiger charge is 2.26. The smallest absolute Gasteiger partial charge is 0.145 e. The highest BCUT2D eigenvalue weighted by atomic mass is 16.3. The molecule has 0 spiro atoms. The summed E-state index contributed by atoms with van der Waals surface area (Å²) in [6, 6.07) is 74.1. The first-order chi connectivity index (χ1) is 29.1. The van der Waals surface area contributed by atoms with Gasteiger partial charge in [0.2, 0.25) is 0 Å². The van der Waals surface area contributed by atoms with Crippen LogP contribution in [0.2, 0.25) is 0 Å². The van der Waals surface area contributed by atoms with Crippen molar-refractivity contribution >= 4 is 60.8 Å². The van der Waals surface area contributed by atoms with Gasteiger partial charge in [-0.3, -0.25) is 0 Å². The number of para-hydroxylation sites is 5. The molecule has 0 amide bonds. The molecule has 2 aromatic heterocycles. The topological polar surface area (TPSA) is 21.3 Å². The average molecular weight is 757 g/mol. The molecule has 0 bridgehead atoms. The molecule has 59 heavy (non-hydrogen) atoms. The summed E-state index contributed by atoms with van der Waals surface area (Å²) in [6.45, 7) is 4.44. The first-order valence-corrected chi connectivity index (χ1v) is 20.3. The molecule has 0 unspecified atom stereocenters. The van der Waals surface area contributed by atoms with Crippen LogP contribution in [0.4, 0.5) is 17.1 Å². The average Bonchev–Trinajstić information content (AvgIpc) is 3.84. The number of hydrogen-bond acceptors (Lipinski definition) is 2. The molecular weight excluding hydrogens is 717 g/mol. The van der Waals surface area contributed by atoms with E-state index in [-0.39, 0.29) is 0 Å². The van der Waals surface area contributed by atoms with E-state index in [1.807, 2.05) is 0 Å². The number of fused-ring (bicyclic) bond motifs is 6. The van der Waals surface area contributed by atoms with E-state index in [4.69, 9.17) is 4.42 Å². The largest absolute Gasteiger partial charge is 0.455 e. The number of furan rings is 1. The van der Waals surface area contributed by atoms with Gasteiger partial charge in [-0.15, -0.1) is 0 Å². The van der Waals surface area contributed by atoms with Crippen LogP contribution in [-0.2, 0) is 0 Å². The molecule has 0 aliphatic rings. The molecule has 0 saturated carbocycles. The quantitative estimate of drug-likeness (QED) is 0.161. The van der Waals surface area contributed by atoms with E-state index in [0.29, 0.717) is 0 Å². The first-order valence-electron chi connectivity index (χ1n) is 20.3. The minimum Gasteiger partial charge on any atom is -0.455 e. The van der Waals surface area contributed by atoms with E-state index in [9.17, 15) is 0 Å². The van der Waals surface area contributed by atoms with Crippen LogP contribution in [-0.4, -0.2) is 4.57 Å². The van der Waals surface area contributed by atoms with Gasteiger partial charge in [0.15, 0.2) is 0 Å². The van der Waals surface area contributed by atoms with Crippen molar-refractivity contribution in [1.82, 2.24) is 4.57 Å². The number of anilines is 3. The summed E-state index contributed by atoms with van der Waals surface area (Å²) in [7, 11) is 0. The standard InChI is InChI=1S/C56H40N2O/c1-37-19-9-14-28-48(37)57(41-35-38(2)54(40-22-7-4-8-23-40)47(36-41)39-20-5-3-6-21-39)52-34-33-45(56-55(52)46-27-13-18-32-53(46)59-56)44-26-12-17-31-51(44)58-49-29-15-10-24-42(49)43-25-11-16-30-50(43)58/h3-36H,1-2H3. The minimum absolute atomic E-state index is 0.857. The number of benzene rings is 9. The van der Waals surface area contributed by atoms with Crippen molar-refractivity contribution in [2.45, 2.75) is 13.8 Å². The molecule has 0 radical (unpaired) electrons. The van der Waals surface area contributed by atoms with Gasteiger partial charge in [-0.05, 0) is 102 Å². The number of aromatic nitrogens is 1. The number of nitrogens with zero attached hydrogens (tertiary/aromatic N) is 2. The van der Waals surface area contributed by atoms with Gasteiger partial charge in [-0.25, -0.2) is 0 Å².